The van der Waals surface area contributed by atoms with Gasteiger partial charge in [-0.2, -0.15) is 0 Å². The lowest BCUT2D eigenvalue weighted by Crippen LogP contribution is -2.42. The first-order valence-corrected chi connectivity index (χ1v) is 9.34. The predicted octanol–water partition coefficient (Wildman–Crippen LogP) is 1.96. The van der Waals surface area contributed by atoms with Crippen molar-refractivity contribution in [3.8, 4) is 0 Å². The standard InChI is InChI=1S/C18H33N5O2/c1-5-19-18(21-13-16-12-17(14(2)3)22-25-16)20-8-9-23(10-11-24-4)15-6-7-15/h12,14-15H,5-11,13H2,1-4H3,(H2,19,20,21). The zero-order chi connectivity index (χ0) is 18.1. The number of hydrogen-bond acceptors (Lipinski definition) is 5. The van der Waals surface area contributed by atoms with Crippen LogP contribution < -0.4 is 10.6 Å². The molecule has 2 N–H and O–H groups in total. The summed E-state index contributed by atoms with van der Waals surface area (Å²) >= 11 is 0. The Labute approximate surface area is 151 Å². The molecule has 7 nitrogen and oxygen atoms in total. The molecule has 0 bridgehead atoms. The van der Waals surface area contributed by atoms with Crippen LogP contribution in [0.5, 0.6) is 0 Å². The fourth-order valence-electron chi connectivity index (χ4n) is 2.62. The van der Waals surface area contributed by atoms with E-state index in [4.69, 9.17) is 9.26 Å². The van der Waals surface area contributed by atoms with Crippen LogP contribution in [0.15, 0.2) is 15.6 Å². The summed E-state index contributed by atoms with van der Waals surface area (Å²) < 4.78 is 10.6. The van der Waals surface area contributed by atoms with Crippen molar-refractivity contribution in [3.63, 3.8) is 0 Å². The number of rotatable bonds is 11. The molecule has 0 saturated heterocycles. The Morgan fingerprint density at radius 2 is 2.20 bits per heavy atom. The number of aromatic nitrogens is 1. The molecule has 1 aliphatic carbocycles. The summed E-state index contributed by atoms with van der Waals surface area (Å²) in [5.74, 6) is 1.97. The third kappa shape index (κ3) is 7.04. The van der Waals surface area contributed by atoms with Crippen LogP contribution in [0.2, 0.25) is 0 Å². The molecule has 1 fully saturated rings. The maximum atomic E-state index is 5.35. The minimum absolute atomic E-state index is 0.369. The molecule has 142 valence electrons. The van der Waals surface area contributed by atoms with Crippen molar-refractivity contribution in [2.45, 2.75) is 52.1 Å². The monoisotopic (exact) mass is 351 g/mol. The highest BCUT2D eigenvalue weighted by molar-refractivity contribution is 5.79. The van der Waals surface area contributed by atoms with Gasteiger partial charge in [0, 0.05) is 45.4 Å². The lowest BCUT2D eigenvalue weighted by Gasteiger charge is -2.22. The quantitative estimate of drug-likeness (QED) is 0.469. The Morgan fingerprint density at radius 3 is 2.80 bits per heavy atom. The summed E-state index contributed by atoms with van der Waals surface area (Å²) in [7, 11) is 1.76. The number of ether oxygens (including phenoxy) is 1. The molecule has 1 aliphatic rings. The van der Waals surface area contributed by atoms with Crippen LogP contribution in [0.1, 0.15) is 51.0 Å². The number of aliphatic imine (C=N–C) groups is 1. The van der Waals surface area contributed by atoms with Gasteiger partial charge in [-0.3, -0.25) is 4.90 Å². The molecule has 1 aromatic heterocycles. The third-order valence-corrected chi connectivity index (χ3v) is 4.24. The first kappa shape index (κ1) is 19.7. The summed E-state index contributed by atoms with van der Waals surface area (Å²) in [6.45, 7) is 11.2. The van der Waals surface area contributed by atoms with Crippen LogP contribution in [0.25, 0.3) is 0 Å². The predicted molar refractivity (Wildman–Crippen MR) is 99.9 cm³/mol. The Kier molecular flexibility index (Phi) is 8.21. The van der Waals surface area contributed by atoms with Crippen LogP contribution in [0, 0.1) is 0 Å². The van der Waals surface area contributed by atoms with Crippen LogP contribution in [0.4, 0.5) is 0 Å². The molecule has 1 heterocycles. The van der Waals surface area contributed by atoms with E-state index >= 15 is 0 Å². The van der Waals surface area contributed by atoms with Crippen molar-refractivity contribution >= 4 is 5.96 Å². The first-order chi connectivity index (χ1) is 12.1. The molecule has 0 radical (unpaired) electrons. The summed E-state index contributed by atoms with van der Waals surface area (Å²) in [6, 6.07) is 2.72. The third-order valence-electron chi connectivity index (χ3n) is 4.24. The van der Waals surface area contributed by atoms with Gasteiger partial charge in [-0.1, -0.05) is 19.0 Å². The fourth-order valence-corrected chi connectivity index (χ4v) is 2.62. The highest BCUT2D eigenvalue weighted by Crippen LogP contribution is 2.25. The van der Waals surface area contributed by atoms with Gasteiger partial charge < -0.3 is 19.9 Å². The van der Waals surface area contributed by atoms with Gasteiger partial charge in [0.05, 0.1) is 12.3 Å². The minimum atomic E-state index is 0.369. The van der Waals surface area contributed by atoms with E-state index in [1.165, 1.54) is 12.8 Å². The molecule has 7 heteroatoms. The Bertz CT molecular complexity index is 525. The van der Waals surface area contributed by atoms with E-state index in [1.807, 2.05) is 6.07 Å². The highest BCUT2D eigenvalue weighted by atomic mass is 16.5. The number of methoxy groups -OCH3 is 1. The van der Waals surface area contributed by atoms with Crippen molar-refractivity contribution in [2.75, 3.05) is 39.9 Å². The van der Waals surface area contributed by atoms with E-state index in [2.05, 4.69) is 46.5 Å². The second kappa shape index (κ2) is 10.4. The minimum Gasteiger partial charge on any atom is -0.383 e. The topological polar surface area (TPSA) is 74.9 Å². The lowest BCUT2D eigenvalue weighted by atomic mass is 10.1. The summed E-state index contributed by atoms with van der Waals surface area (Å²) in [6.07, 6.45) is 2.61. The molecular weight excluding hydrogens is 318 g/mol. The van der Waals surface area contributed by atoms with Gasteiger partial charge in [-0.25, -0.2) is 4.99 Å². The molecule has 0 aliphatic heterocycles. The largest absolute Gasteiger partial charge is 0.383 e. The van der Waals surface area contributed by atoms with Gasteiger partial charge in [0.15, 0.2) is 11.7 Å². The van der Waals surface area contributed by atoms with E-state index in [9.17, 15) is 0 Å². The van der Waals surface area contributed by atoms with Crippen LogP contribution in [-0.2, 0) is 11.3 Å². The number of nitrogens with zero attached hydrogens (tertiary/aromatic N) is 3. The van der Waals surface area contributed by atoms with Gasteiger partial charge >= 0.3 is 0 Å². The summed E-state index contributed by atoms with van der Waals surface area (Å²) in [5, 5.41) is 10.8. The van der Waals surface area contributed by atoms with E-state index < -0.39 is 0 Å². The molecule has 0 aromatic carbocycles. The Balaban J connectivity index is 1.80. The van der Waals surface area contributed by atoms with Crippen molar-refractivity contribution in [1.82, 2.24) is 20.7 Å². The van der Waals surface area contributed by atoms with Crippen molar-refractivity contribution in [3.05, 3.63) is 17.5 Å². The van der Waals surface area contributed by atoms with Crippen molar-refractivity contribution in [1.29, 1.82) is 0 Å². The molecule has 2 rings (SSSR count). The van der Waals surface area contributed by atoms with E-state index in [-0.39, 0.29) is 0 Å². The van der Waals surface area contributed by atoms with Crippen LogP contribution in [-0.4, -0.2) is 62.0 Å². The molecule has 1 saturated carbocycles. The SMILES string of the molecule is CCNC(=NCc1cc(C(C)C)no1)NCCN(CCOC)C1CC1. The fraction of sp³-hybridized carbons (Fsp3) is 0.778. The number of hydrogen-bond donors (Lipinski definition) is 2. The normalized spacial score (nSPS) is 15.2. The average Bonchev–Trinajstić information content (AvgIpc) is 3.32. The molecule has 0 unspecified atom stereocenters. The molecule has 0 atom stereocenters. The highest BCUT2D eigenvalue weighted by Gasteiger charge is 2.28. The number of guanidine groups is 1. The second-order valence-corrected chi connectivity index (χ2v) is 6.75. The molecule has 25 heavy (non-hydrogen) atoms. The molecular formula is C18H33N5O2. The summed E-state index contributed by atoms with van der Waals surface area (Å²) in [4.78, 5) is 7.08. The van der Waals surface area contributed by atoms with Crippen LogP contribution in [0.3, 0.4) is 0 Å². The zero-order valence-electron chi connectivity index (χ0n) is 16.0. The van der Waals surface area contributed by atoms with Gasteiger partial charge in [0.25, 0.3) is 0 Å². The number of nitrogens with one attached hydrogen (secondary N) is 2. The van der Waals surface area contributed by atoms with Gasteiger partial charge in [0.2, 0.25) is 0 Å². The summed E-state index contributed by atoms with van der Waals surface area (Å²) in [5.41, 5.74) is 0.973. The van der Waals surface area contributed by atoms with Gasteiger partial charge in [-0.15, -0.1) is 0 Å². The van der Waals surface area contributed by atoms with E-state index in [0.717, 1.165) is 56.2 Å². The Hall–Kier alpha value is -1.60. The van der Waals surface area contributed by atoms with Gasteiger partial charge in [0.1, 0.15) is 6.54 Å². The lowest BCUT2D eigenvalue weighted by molar-refractivity contribution is 0.144. The molecule has 0 amide bonds. The van der Waals surface area contributed by atoms with Crippen LogP contribution >= 0.6 is 0 Å². The zero-order valence-corrected chi connectivity index (χ0v) is 16.0. The first-order valence-electron chi connectivity index (χ1n) is 9.34. The average molecular weight is 351 g/mol. The smallest absolute Gasteiger partial charge is 0.191 e. The maximum absolute atomic E-state index is 5.35. The Morgan fingerprint density at radius 1 is 1.40 bits per heavy atom. The molecule has 0 spiro atoms. The van der Waals surface area contributed by atoms with Crippen molar-refractivity contribution < 1.29 is 9.26 Å². The van der Waals surface area contributed by atoms with E-state index in [1.54, 1.807) is 7.11 Å². The maximum Gasteiger partial charge on any atom is 0.191 e. The second-order valence-electron chi connectivity index (χ2n) is 6.75. The molecule has 1 aromatic rings. The van der Waals surface area contributed by atoms with E-state index in [0.29, 0.717) is 12.5 Å². The van der Waals surface area contributed by atoms with Gasteiger partial charge in [-0.05, 0) is 25.7 Å². The van der Waals surface area contributed by atoms with Crippen molar-refractivity contribution in [2.24, 2.45) is 4.99 Å².